The zero-order valence-corrected chi connectivity index (χ0v) is 9.25. The molecular weight excluding hydrogens is 213 g/mol. The maximum atomic E-state index is 13.2. The van der Waals surface area contributed by atoms with E-state index in [1.54, 1.807) is 6.07 Å². The largest absolute Gasteiger partial charge is 0.494 e. The average Bonchev–Trinajstić information content (AvgIpc) is 2.29. The van der Waals surface area contributed by atoms with Crippen LogP contribution >= 0.6 is 0 Å². The standard InChI is InChI=1S/C11H14FNO3/c1-15-10-4-3-8(7-9(10)12)13-6-5-11(14)16-2/h3-4,7,13H,5-6H2,1-2H3. The highest BCUT2D eigenvalue weighted by Crippen LogP contribution is 2.20. The van der Waals surface area contributed by atoms with Crippen LogP contribution in [0.25, 0.3) is 0 Å². The molecular formula is C11H14FNO3. The Bertz CT molecular complexity index is 368. The van der Waals surface area contributed by atoms with Crippen molar-refractivity contribution in [2.45, 2.75) is 6.42 Å². The summed E-state index contributed by atoms with van der Waals surface area (Å²) in [5, 5.41) is 2.91. The number of carbonyl (C=O) groups excluding carboxylic acids is 1. The predicted molar refractivity (Wildman–Crippen MR) is 58.1 cm³/mol. The zero-order chi connectivity index (χ0) is 12.0. The van der Waals surface area contributed by atoms with Gasteiger partial charge >= 0.3 is 5.97 Å². The molecule has 0 bridgehead atoms. The summed E-state index contributed by atoms with van der Waals surface area (Å²) in [6.45, 7) is 0.401. The lowest BCUT2D eigenvalue weighted by atomic mass is 10.3. The maximum absolute atomic E-state index is 13.2. The van der Waals surface area contributed by atoms with Crippen molar-refractivity contribution in [3.63, 3.8) is 0 Å². The number of anilines is 1. The van der Waals surface area contributed by atoms with Gasteiger partial charge in [-0.3, -0.25) is 4.79 Å². The van der Waals surface area contributed by atoms with Gasteiger partial charge in [-0.2, -0.15) is 0 Å². The summed E-state index contributed by atoms with van der Waals surface area (Å²) >= 11 is 0. The molecule has 0 aliphatic rings. The fraction of sp³-hybridized carbons (Fsp3) is 0.364. The molecule has 0 unspecified atom stereocenters. The third-order valence-electron chi connectivity index (χ3n) is 2.04. The molecule has 1 aromatic rings. The smallest absolute Gasteiger partial charge is 0.307 e. The molecule has 0 heterocycles. The first-order valence-corrected chi connectivity index (χ1v) is 4.81. The minimum atomic E-state index is -0.439. The van der Waals surface area contributed by atoms with Crippen molar-refractivity contribution in [3.05, 3.63) is 24.0 Å². The number of methoxy groups -OCH3 is 2. The molecule has 4 nitrogen and oxygen atoms in total. The highest BCUT2D eigenvalue weighted by molar-refractivity contribution is 5.69. The number of carbonyl (C=O) groups is 1. The van der Waals surface area contributed by atoms with E-state index in [1.807, 2.05) is 0 Å². The van der Waals surface area contributed by atoms with E-state index in [0.29, 0.717) is 12.2 Å². The number of hydrogen-bond donors (Lipinski definition) is 1. The second-order valence-electron chi connectivity index (χ2n) is 3.10. The van der Waals surface area contributed by atoms with Crippen molar-refractivity contribution < 1.29 is 18.7 Å². The van der Waals surface area contributed by atoms with Crippen LogP contribution in [0.5, 0.6) is 5.75 Å². The van der Waals surface area contributed by atoms with E-state index in [9.17, 15) is 9.18 Å². The van der Waals surface area contributed by atoms with Crippen LogP contribution in [0.1, 0.15) is 6.42 Å². The van der Waals surface area contributed by atoms with Crippen molar-refractivity contribution in [1.82, 2.24) is 0 Å². The Labute approximate surface area is 93.4 Å². The van der Waals surface area contributed by atoms with E-state index < -0.39 is 5.82 Å². The van der Waals surface area contributed by atoms with Gasteiger partial charge in [0.15, 0.2) is 11.6 Å². The average molecular weight is 227 g/mol. The molecule has 1 aromatic carbocycles. The summed E-state index contributed by atoms with van der Waals surface area (Å²) in [5.74, 6) is -0.550. The molecule has 0 radical (unpaired) electrons. The lowest BCUT2D eigenvalue weighted by molar-refractivity contribution is -0.140. The molecule has 0 saturated heterocycles. The van der Waals surface area contributed by atoms with Gasteiger partial charge in [0, 0.05) is 18.3 Å². The summed E-state index contributed by atoms with van der Waals surface area (Å²) in [6, 6.07) is 4.52. The molecule has 1 rings (SSSR count). The van der Waals surface area contributed by atoms with Crippen molar-refractivity contribution in [1.29, 1.82) is 0 Å². The second-order valence-corrected chi connectivity index (χ2v) is 3.10. The van der Waals surface area contributed by atoms with Gasteiger partial charge in [0.2, 0.25) is 0 Å². The Morgan fingerprint density at radius 1 is 1.44 bits per heavy atom. The van der Waals surface area contributed by atoms with Crippen LogP contribution in [0.15, 0.2) is 18.2 Å². The van der Waals surface area contributed by atoms with Crippen LogP contribution in [0, 0.1) is 5.82 Å². The van der Waals surface area contributed by atoms with Gasteiger partial charge in [-0.1, -0.05) is 0 Å². The van der Waals surface area contributed by atoms with Crippen LogP contribution in [-0.2, 0) is 9.53 Å². The highest BCUT2D eigenvalue weighted by atomic mass is 19.1. The molecule has 0 fully saturated rings. The lowest BCUT2D eigenvalue weighted by Gasteiger charge is -2.07. The monoisotopic (exact) mass is 227 g/mol. The van der Waals surface area contributed by atoms with Crippen LogP contribution in [0.2, 0.25) is 0 Å². The van der Waals surface area contributed by atoms with E-state index in [4.69, 9.17) is 4.74 Å². The van der Waals surface area contributed by atoms with Crippen LogP contribution < -0.4 is 10.1 Å². The van der Waals surface area contributed by atoms with Crippen LogP contribution in [0.3, 0.4) is 0 Å². The number of esters is 1. The maximum Gasteiger partial charge on any atom is 0.307 e. The van der Waals surface area contributed by atoms with Crippen molar-refractivity contribution in [2.75, 3.05) is 26.1 Å². The zero-order valence-electron chi connectivity index (χ0n) is 9.25. The first-order valence-electron chi connectivity index (χ1n) is 4.81. The molecule has 5 heteroatoms. The summed E-state index contributed by atoms with van der Waals surface area (Å²) in [4.78, 5) is 10.8. The molecule has 0 aliphatic heterocycles. The van der Waals surface area contributed by atoms with E-state index in [-0.39, 0.29) is 18.1 Å². The molecule has 0 atom stereocenters. The van der Waals surface area contributed by atoms with E-state index in [1.165, 1.54) is 26.4 Å². The number of halogens is 1. The van der Waals surface area contributed by atoms with Crippen molar-refractivity contribution in [2.24, 2.45) is 0 Å². The lowest BCUT2D eigenvalue weighted by Crippen LogP contribution is -2.09. The number of rotatable bonds is 5. The van der Waals surface area contributed by atoms with Gasteiger partial charge < -0.3 is 14.8 Å². The fourth-order valence-corrected chi connectivity index (χ4v) is 1.19. The first kappa shape index (κ1) is 12.3. The number of ether oxygens (including phenoxy) is 2. The molecule has 1 N–H and O–H groups in total. The fourth-order valence-electron chi connectivity index (χ4n) is 1.19. The number of nitrogens with one attached hydrogen (secondary N) is 1. The summed E-state index contributed by atoms with van der Waals surface area (Å²) in [6.07, 6.45) is 0.240. The van der Waals surface area contributed by atoms with Gasteiger partial charge in [-0.15, -0.1) is 0 Å². The van der Waals surface area contributed by atoms with Gasteiger partial charge in [-0.05, 0) is 12.1 Å². The molecule has 0 saturated carbocycles. The second kappa shape index (κ2) is 5.95. The Morgan fingerprint density at radius 2 is 2.19 bits per heavy atom. The van der Waals surface area contributed by atoms with Gasteiger partial charge in [0.05, 0.1) is 20.6 Å². The van der Waals surface area contributed by atoms with E-state index >= 15 is 0 Å². The minimum Gasteiger partial charge on any atom is -0.494 e. The quantitative estimate of drug-likeness (QED) is 0.779. The highest BCUT2D eigenvalue weighted by Gasteiger charge is 2.04. The Balaban J connectivity index is 2.49. The SMILES string of the molecule is COC(=O)CCNc1ccc(OC)c(F)c1. The topological polar surface area (TPSA) is 47.6 Å². The molecule has 88 valence electrons. The third-order valence-corrected chi connectivity index (χ3v) is 2.04. The van der Waals surface area contributed by atoms with E-state index in [0.717, 1.165) is 0 Å². The number of benzene rings is 1. The first-order chi connectivity index (χ1) is 7.67. The van der Waals surface area contributed by atoms with Gasteiger partial charge in [-0.25, -0.2) is 4.39 Å². The Kier molecular flexibility index (Phi) is 4.57. The Morgan fingerprint density at radius 3 is 2.75 bits per heavy atom. The summed E-state index contributed by atoms with van der Waals surface area (Å²) in [5.41, 5.74) is 0.599. The minimum absolute atomic E-state index is 0.193. The Hall–Kier alpha value is -1.78. The normalized spacial score (nSPS) is 9.69. The molecule has 0 amide bonds. The van der Waals surface area contributed by atoms with E-state index in [2.05, 4.69) is 10.1 Å². The van der Waals surface area contributed by atoms with Crippen molar-refractivity contribution >= 4 is 11.7 Å². The number of hydrogen-bond acceptors (Lipinski definition) is 4. The van der Waals surface area contributed by atoms with Crippen LogP contribution in [-0.4, -0.2) is 26.7 Å². The van der Waals surface area contributed by atoms with Crippen LogP contribution in [0.4, 0.5) is 10.1 Å². The summed E-state index contributed by atoms with van der Waals surface area (Å²) in [7, 11) is 2.73. The summed E-state index contributed by atoms with van der Waals surface area (Å²) < 4.78 is 22.5. The molecule has 0 aromatic heterocycles. The van der Waals surface area contributed by atoms with Crippen molar-refractivity contribution in [3.8, 4) is 5.75 Å². The molecule has 16 heavy (non-hydrogen) atoms. The van der Waals surface area contributed by atoms with Gasteiger partial charge in [0.25, 0.3) is 0 Å². The predicted octanol–water partition coefficient (Wildman–Crippen LogP) is 1.81. The molecule has 0 aliphatic carbocycles. The van der Waals surface area contributed by atoms with Gasteiger partial charge in [0.1, 0.15) is 0 Å². The third kappa shape index (κ3) is 3.42. The molecule has 0 spiro atoms.